The number of rotatable bonds is 6. The molecule has 0 aliphatic carbocycles. The first kappa shape index (κ1) is 19.1. The van der Waals surface area contributed by atoms with E-state index >= 15 is 0 Å². The number of sulfonamides is 1. The number of aromatic nitrogens is 3. The molecule has 8 nitrogen and oxygen atoms in total. The van der Waals surface area contributed by atoms with Gasteiger partial charge in [0.15, 0.2) is 17.1 Å². The van der Waals surface area contributed by atoms with Crippen molar-refractivity contribution in [1.29, 1.82) is 0 Å². The summed E-state index contributed by atoms with van der Waals surface area (Å²) in [6.45, 7) is 4.01. The average molecular weight is 434 g/mol. The Morgan fingerprint density at radius 2 is 1.87 bits per heavy atom. The molecule has 0 saturated heterocycles. The van der Waals surface area contributed by atoms with Gasteiger partial charge in [-0.05, 0) is 35.4 Å². The molecule has 0 saturated carbocycles. The van der Waals surface area contributed by atoms with Crippen LogP contribution >= 0.6 is 0 Å². The van der Waals surface area contributed by atoms with Crippen LogP contribution in [-0.2, 0) is 16.6 Å². The van der Waals surface area contributed by atoms with Gasteiger partial charge in [-0.25, -0.2) is 8.42 Å². The van der Waals surface area contributed by atoms with E-state index in [1.165, 1.54) is 22.9 Å². The highest BCUT2D eigenvalue weighted by Crippen LogP contribution is 2.37. The van der Waals surface area contributed by atoms with Crippen molar-refractivity contribution < 1.29 is 17.9 Å². The molecule has 4 aromatic rings. The zero-order valence-corrected chi connectivity index (χ0v) is 17.2. The molecule has 156 valence electrons. The molecule has 9 heteroatoms. The fourth-order valence-corrected chi connectivity index (χ4v) is 4.82. The van der Waals surface area contributed by atoms with Gasteiger partial charge in [0.1, 0.15) is 11.2 Å². The normalized spacial score (nSPS) is 12.8. The monoisotopic (exact) mass is 434 g/mol. The van der Waals surface area contributed by atoms with Crippen LogP contribution in [-0.4, -0.2) is 29.8 Å². The summed E-state index contributed by atoms with van der Waals surface area (Å²) in [7, 11) is -3.91. The lowest BCUT2D eigenvalue weighted by Crippen LogP contribution is -2.30. The predicted molar refractivity (Wildman–Crippen MR) is 115 cm³/mol. The minimum absolute atomic E-state index is 0.110. The van der Waals surface area contributed by atoms with Crippen molar-refractivity contribution in [2.75, 3.05) is 11.1 Å². The first-order valence-electron chi connectivity index (χ1n) is 9.48. The highest BCUT2D eigenvalue weighted by Gasteiger charge is 2.27. The number of hydrogen-bond acceptors (Lipinski definition) is 6. The van der Waals surface area contributed by atoms with Crippen LogP contribution in [0.3, 0.4) is 0 Å². The van der Waals surface area contributed by atoms with E-state index in [2.05, 4.69) is 16.8 Å². The third kappa shape index (κ3) is 3.49. The smallest absolute Gasteiger partial charge is 0.266 e. The van der Waals surface area contributed by atoms with Gasteiger partial charge in [0.25, 0.3) is 10.0 Å². The molecule has 3 heterocycles. The molecule has 0 radical (unpaired) electrons. The molecular weight excluding hydrogens is 416 g/mol. The Morgan fingerprint density at radius 3 is 2.68 bits per heavy atom. The van der Waals surface area contributed by atoms with E-state index in [1.807, 2.05) is 24.3 Å². The van der Waals surface area contributed by atoms with Gasteiger partial charge in [0.2, 0.25) is 6.79 Å². The van der Waals surface area contributed by atoms with E-state index in [9.17, 15) is 8.42 Å². The van der Waals surface area contributed by atoms with Crippen LogP contribution in [0.4, 0.5) is 5.69 Å². The van der Waals surface area contributed by atoms with Gasteiger partial charge in [0, 0.05) is 12.3 Å². The van der Waals surface area contributed by atoms with Crippen LogP contribution in [0.5, 0.6) is 11.5 Å². The fourth-order valence-electron chi connectivity index (χ4n) is 3.37. The summed E-state index contributed by atoms with van der Waals surface area (Å²) in [6, 6.07) is 15.8. The number of pyridine rings is 1. The van der Waals surface area contributed by atoms with E-state index in [0.717, 1.165) is 11.1 Å². The molecule has 0 amide bonds. The van der Waals surface area contributed by atoms with Gasteiger partial charge < -0.3 is 9.47 Å². The van der Waals surface area contributed by atoms with Crippen molar-refractivity contribution in [3.05, 3.63) is 84.8 Å². The maximum absolute atomic E-state index is 13.7. The van der Waals surface area contributed by atoms with E-state index in [0.29, 0.717) is 22.8 Å². The summed E-state index contributed by atoms with van der Waals surface area (Å²) in [4.78, 5) is 0.125. The Morgan fingerprint density at radius 1 is 1.06 bits per heavy atom. The third-order valence-electron chi connectivity index (χ3n) is 5.04. The van der Waals surface area contributed by atoms with Gasteiger partial charge in [-0.2, -0.15) is 0 Å². The molecular formula is C22H18N4O4S. The molecule has 2 aromatic carbocycles. The zero-order chi connectivity index (χ0) is 21.4. The SMILES string of the molecule is C=Cc1ccc(CN(c2ccc3c(c2)OCO3)S(=O)(=O)c2ccc3nncn3c2)cc1. The number of anilines is 1. The minimum atomic E-state index is -3.91. The minimum Gasteiger partial charge on any atom is -0.454 e. The Balaban J connectivity index is 1.60. The lowest BCUT2D eigenvalue weighted by molar-refractivity contribution is 0.174. The Bertz CT molecular complexity index is 1380. The van der Waals surface area contributed by atoms with Gasteiger partial charge in [-0.3, -0.25) is 8.71 Å². The van der Waals surface area contributed by atoms with Crippen molar-refractivity contribution in [2.24, 2.45) is 0 Å². The standard InChI is InChI=1S/C22H18N4O4S/c1-2-16-3-5-17(6-4-16)12-26(18-7-9-20-21(11-18)30-15-29-20)31(27,28)19-8-10-22-24-23-14-25(22)13-19/h2-11,13-14H,1,12,15H2. The fraction of sp³-hybridized carbons (Fsp3) is 0.0909. The first-order valence-corrected chi connectivity index (χ1v) is 10.9. The maximum atomic E-state index is 13.7. The van der Waals surface area contributed by atoms with Gasteiger partial charge in [-0.1, -0.05) is 36.9 Å². The predicted octanol–water partition coefficient (Wildman–Crippen LogP) is 3.50. The van der Waals surface area contributed by atoms with Crippen molar-refractivity contribution in [2.45, 2.75) is 11.4 Å². The molecule has 31 heavy (non-hydrogen) atoms. The van der Waals surface area contributed by atoms with Crippen molar-refractivity contribution in [1.82, 2.24) is 14.6 Å². The van der Waals surface area contributed by atoms with Crippen LogP contribution in [0.15, 0.2) is 78.6 Å². The molecule has 0 N–H and O–H groups in total. The maximum Gasteiger partial charge on any atom is 0.266 e. The van der Waals surface area contributed by atoms with E-state index in [-0.39, 0.29) is 18.2 Å². The Kier molecular flexibility index (Phi) is 4.59. The lowest BCUT2D eigenvalue weighted by Gasteiger charge is -2.25. The molecule has 1 aliphatic rings. The zero-order valence-electron chi connectivity index (χ0n) is 16.4. The largest absolute Gasteiger partial charge is 0.454 e. The molecule has 0 fully saturated rings. The summed E-state index contributed by atoms with van der Waals surface area (Å²) >= 11 is 0. The first-order chi connectivity index (χ1) is 15.0. The number of hydrogen-bond donors (Lipinski definition) is 0. The van der Waals surface area contributed by atoms with Gasteiger partial charge in [0.05, 0.1) is 12.2 Å². The molecule has 0 bridgehead atoms. The van der Waals surface area contributed by atoms with E-state index in [1.54, 1.807) is 34.7 Å². The average Bonchev–Trinajstić information content (AvgIpc) is 3.45. The van der Waals surface area contributed by atoms with Crippen LogP contribution < -0.4 is 13.8 Å². The molecule has 0 spiro atoms. The summed E-state index contributed by atoms with van der Waals surface area (Å²) in [6.07, 6.45) is 4.71. The number of fused-ring (bicyclic) bond motifs is 2. The van der Waals surface area contributed by atoms with Gasteiger partial charge in [-0.15, -0.1) is 10.2 Å². The van der Waals surface area contributed by atoms with Crippen LogP contribution in [0.25, 0.3) is 11.7 Å². The topological polar surface area (TPSA) is 86.0 Å². The molecule has 1 aliphatic heterocycles. The lowest BCUT2D eigenvalue weighted by atomic mass is 10.1. The summed E-state index contributed by atoms with van der Waals surface area (Å²) in [5, 5.41) is 7.75. The Labute approximate surface area is 179 Å². The van der Waals surface area contributed by atoms with Crippen molar-refractivity contribution in [3.63, 3.8) is 0 Å². The quantitative estimate of drug-likeness (QED) is 0.462. The second kappa shape index (κ2) is 7.44. The van der Waals surface area contributed by atoms with Gasteiger partial charge >= 0.3 is 0 Å². The summed E-state index contributed by atoms with van der Waals surface area (Å²) < 4.78 is 41.2. The molecule has 0 unspecified atom stereocenters. The van der Waals surface area contributed by atoms with Crippen LogP contribution in [0.2, 0.25) is 0 Å². The highest BCUT2D eigenvalue weighted by atomic mass is 32.2. The number of ether oxygens (including phenoxy) is 2. The molecule has 2 aromatic heterocycles. The molecule has 0 atom stereocenters. The number of benzene rings is 2. The summed E-state index contributed by atoms with van der Waals surface area (Å²) in [5.41, 5.74) is 2.83. The second-order valence-corrected chi connectivity index (χ2v) is 8.82. The number of nitrogens with zero attached hydrogens (tertiary/aromatic N) is 4. The van der Waals surface area contributed by atoms with Crippen molar-refractivity contribution in [3.8, 4) is 11.5 Å². The Hall–Kier alpha value is -3.85. The third-order valence-corrected chi connectivity index (χ3v) is 6.79. The van der Waals surface area contributed by atoms with Crippen molar-refractivity contribution >= 4 is 27.4 Å². The summed E-state index contributed by atoms with van der Waals surface area (Å²) in [5.74, 6) is 1.09. The van der Waals surface area contributed by atoms with Crippen LogP contribution in [0, 0.1) is 0 Å². The van der Waals surface area contributed by atoms with E-state index < -0.39 is 10.0 Å². The van der Waals surface area contributed by atoms with Crippen LogP contribution in [0.1, 0.15) is 11.1 Å². The second-order valence-electron chi connectivity index (χ2n) is 6.96. The molecule has 5 rings (SSSR count). The van der Waals surface area contributed by atoms with E-state index in [4.69, 9.17) is 9.47 Å². The highest BCUT2D eigenvalue weighted by molar-refractivity contribution is 7.92.